The van der Waals surface area contributed by atoms with Crippen molar-refractivity contribution in [2.75, 3.05) is 6.54 Å². The first-order valence-electron chi connectivity index (χ1n) is 2.19. The van der Waals surface area contributed by atoms with E-state index in [-0.39, 0.29) is 12.1 Å². The minimum Gasteiger partial charge on any atom is -0.386 e. The van der Waals surface area contributed by atoms with Gasteiger partial charge in [-0.3, -0.25) is 0 Å². The van der Waals surface area contributed by atoms with Crippen LogP contribution in [0.3, 0.4) is 0 Å². The zero-order chi connectivity index (χ0) is 6.57. The molecule has 3 N–H and O–H groups in total. The SMILES string of the molecule is C=C(C#N)C(O)CN. The van der Waals surface area contributed by atoms with Gasteiger partial charge in [0.05, 0.1) is 11.6 Å². The van der Waals surface area contributed by atoms with Crippen LogP contribution in [0, 0.1) is 11.3 Å². The second-order valence-corrected chi connectivity index (χ2v) is 1.39. The van der Waals surface area contributed by atoms with Gasteiger partial charge in [-0.15, -0.1) is 0 Å². The Bertz CT molecular complexity index is 125. The van der Waals surface area contributed by atoms with Gasteiger partial charge in [-0.05, 0) is 0 Å². The summed E-state index contributed by atoms with van der Waals surface area (Å²) < 4.78 is 0. The van der Waals surface area contributed by atoms with E-state index in [9.17, 15) is 0 Å². The van der Waals surface area contributed by atoms with Crippen molar-refractivity contribution in [3.05, 3.63) is 12.2 Å². The van der Waals surface area contributed by atoms with E-state index in [2.05, 4.69) is 6.58 Å². The zero-order valence-electron chi connectivity index (χ0n) is 4.46. The predicted octanol–water partition coefficient (Wildman–Crippen LogP) is -0.614. The number of hydrogen-bond donors (Lipinski definition) is 2. The number of nitriles is 1. The number of nitrogens with two attached hydrogens (primary N) is 1. The molecular formula is C5H8N2O. The first kappa shape index (κ1) is 7.15. The Balaban J connectivity index is 3.68. The van der Waals surface area contributed by atoms with Crippen LogP contribution in [-0.2, 0) is 0 Å². The molecule has 8 heavy (non-hydrogen) atoms. The van der Waals surface area contributed by atoms with Crippen molar-refractivity contribution in [1.82, 2.24) is 0 Å². The fourth-order valence-electron chi connectivity index (χ4n) is 0.217. The minimum absolute atomic E-state index is 0.0619. The average Bonchev–Trinajstić information content (AvgIpc) is 1.84. The van der Waals surface area contributed by atoms with Crippen LogP contribution in [0.1, 0.15) is 0 Å². The molecule has 0 aromatic rings. The number of nitrogens with zero attached hydrogens (tertiary/aromatic N) is 1. The van der Waals surface area contributed by atoms with Gasteiger partial charge in [-0.2, -0.15) is 5.26 Å². The molecule has 0 spiro atoms. The van der Waals surface area contributed by atoms with Crippen molar-refractivity contribution in [3.8, 4) is 6.07 Å². The Morgan fingerprint density at radius 1 is 2.00 bits per heavy atom. The standard InChI is InChI=1S/C5H8N2O/c1-4(2-6)5(8)3-7/h5,8H,1,3,7H2. The van der Waals surface area contributed by atoms with Crippen molar-refractivity contribution < 1.29 is 5.11 Å². The van der Waals surface area contributed by atoms with Gasteiger partial charge >= 0.3 is 0 Å². The van der Waals surface area contributed by atoms with E-state index in [4.69, 9.17) is 16.1 Å². The molecule has 0 amide bonds. The van der Waals surface area contributed by atoms with E-state index in [1.54, 1.807) is 6.07 Å². The molecule has 0 radical (unpaired) electrons. The highest BCUT2D eigenvalue weighted by atomic mass is 16.3. The maximum Gasteiger partial charge on any atom is 0.100 e. The third-order valence-electron chi connectivity index (χ3n) is 0.769. The fraction of sp³-hybridized carbons (Fsp3) is 0.400. The Kier molecular flexibility index (Phi) is 2.85. The average molecular weight is 112 g/mol. The van der Waals surface area contributed by atoms with Crippen LogP contribution in [0.4, 0.5) is 0 Å². The van der Waals surface area contributed by atoms with Crippen molar-refractivity contribution >= 4 is 0 Å². The molecular weight excluding hydrogens is 104 g/mol. The number of rotatable bonds is 2. The van der Waals surface area contributed by atoms with Crippen molar-refractivity contribution in [2.24, 2.45) is 5.73 Å². The lowest BCUT2D eigenvalue weighted by Crippen LogP contribution is -2.20. The summed E-state index contributed by atoms with van der Waals surface area (Å²) in [7, 11) is 0. The summed E-state index contributed by atoms with van der Waals surface area (Å²) in [6, 6.07) is 1.69. The van der Waals surface area contributed by atoms with E-state index >= 15 is 0 Å². The van der Waals surface area contributed by atoms with Gasteiger partial charge in [0, 0.05) is 6.54 Å². The molecule has 44 valence electrons. The maximum absolute atomic E-state index is 8.68. The lowest BCUT2D eigenvalue weighted by molar-refractivity contribution is 0.224. The molecule has 0 bridgehead atoms. The van der Waals surface area contributed by atoms with Crippen LogP contribution >= 0.6 is 0 Å². The molecule has 0 aliphatic rings. The summed E-state index contributed by atoms with van der Waals surface area (Å²) in [5, 5.41) is 16.8. The van der Waals surface area contributed by atoms with Crippen molar-refractivity contribution in [2.45, 2.75) is 6.10 Å². The second kappa shape index (κ2) is 3.19. The van der Waals surface area contributed by atoms with E-state index in [1.165, 1.54) is 0 Å². The molecule has 0 fully saturated rings. The predicted molar refractivity (Wildman–Crippen MR) is 29.8 cm³/mol. The second-order valence-electron chi connectivity index (χ2n) is 1.39. The number of hydrogen-bond acceptors (Lipinski definition) is 3. The normalized spacial score (nSPS) is 12.1. The van der Waals surface area contributed by atoms with E-state index in [0.717, 1.165) is 0 Å². The number of aliphatic hydroxyl groups is 1. The van der Waals surface area contributed by atoms with Gasteiger partial charge in [0.15, 0.2) is 0 Å². The molecule has 3 nitrogen and oxygen atoms in total. The van der Waals surface area contributed by atoms with Crippen molar-refractivity contribution in [1.29, 1.82) is 5.26 Å². The molecule has 1 unspecified atom stereocenters. The summed E-state index contributed by atoms with van der Waals surface area (Å²) in [5.74, 6) is 0. The van der Waals surface area contributed by atoms with Crippen LogP contribution in [0.2, 0.25) is 0 Å². The quantitative estimate of drug-likeness (QED) is 0.468. The smallest absolute Gasteiger partial charge is 0.100 e. The zero-order valence-corrected chi connectivity index (χ0v) is 4.46. The largest absolute Gasteiger partial charge is 0.386 e. The van der Waals surface area contributed by atoms with Crippen LogP contribution in [0.5, 0.6) is 0 Å². The van der Waals surface area contributed by atoms with Gasteiger partial charge < -0.3 is 10.8 Å². The van der Waals surface area contributed by atoms with E-state index in [1.807, 2.05) is 0 Å². The van der Waals surface area contributed by atoms with Crippen LogP contribution in [0.25, 0.3) is 0 Å². The van der Waals surface area contributed by atoms with Gasteiger partial charge in [-0.25, -0.2) is 0 Å². The third kappa shape index (κ3) is 1.73. The molecule has 0 aliphatic heterocycles. The fourth-order valence-corrected chi connectivity index (χ4v) is 0.217. The minimum atomic E-state index is -0.861. The first-order chi connectivity index (χ1) is 3.72. The Morgan fingerprint density at radius 2 is 2.50 bits per heavy atom. The van der Waals surface area contributed by atoms with Crippen LogP contribution < -0.4 is 5.73 Å². The summed E-state index contributed by atoms with van der Waals surface area (Å²) in [5.41, 5.74) is 5.10. The molecule has 0 heterocycles. The van der Waals surface area contributed by atoms with Crippen molar-refractivity contribution in [3.63, 3.8) is 0 Å². The topological polar surface area (TPSA) is 70.0 Å². The highest BCUT2D eigenvalue weighted by molar-refractivity contribution is 5.20. The first-order valence-corrected chi connectivity index (χ1v) is 2.19. The summed E-state index contributed by atoms with van der Waals surface area (Å²) in [6.07, 6.45) is -0.861. The highest BCUT2D eigenvalue weighted by Crippen LogP contribution is 1.92. The molecule has 0 aromatic carbocycles. The van der Waals surface area contributed by atoms with Crippen LogP contribution in [0.15, 0.2) is 12.2 Å². The van der Waals surface area contributed by atoms with E-state index < -0.39 is 6.10 Å². The monoisotopic (exact) mass is 112 g/mol. The molecule has 0 rings (SSSR count). The van der Waals surface area contributed by atoms with Gasteiger partial charge in [-0.1, -0.05) is 6.58 Å². The number of aliphatic hydroxyl groups excluding tert-OH is 1. The van der Waals surface area contributed by atoms with Gasteiger partial charge in [0.2, 0.25) is 0 Å². The summed E-state index contributed by atoms with van der Waals surface area (Å²) in [6.45, 7) is 3.31. The lowest BCUT2D eigenvalue weighted by atomic mass is 10.2. The highest BCUT2D eigenvalue weighted by Gasteiger charge is 2.02. The third-order valence-corrected chi connectivity index (χ3v) is 0.769. The Labute approximate surface area is 48.0 Å². The molecule has 0 aromatic heterocycles. The Morgan fingerprint density at radius 3 is 2.62 bits per heavy atom. The van der Waals surface area contributed by atoms with Gasteiger partial charge in [0.1, 0.15) is 6.10 Å². The maximum atomic E-state index is 8.68. The molecule has 0 aliphatic carbocycles. The Hall–Kier alpha value is -0.850. The molecule has 3 heteroatoms. The van der Waals surface area contributed by atoms with Gasteiger partial charge in [0.25, 0.3) is 0 Å². The van der Waals surface area contributed by atoms with Crippen LogP contribution in [-0.4, -0.2) is 17.8 Å². The van der Waals surface area contributed by atoms with E-state index in [0.29, 0.717) is 0 Å². The molecule has 0 saturated carbocycles. The molecule has 1 atom stereocenters. The summed E-state index contributed by atoms with van der Waals surface area (Å²) >= 11 is 0. The summed E-state index contributed by atoms with van der Waals surface area (Å²) in [4.78, 5) is 0. The lowest BCUT2D eigenvalue weighted by Gasteiger charge is -2.00. The molecule has 0 saturated heterocycles.